The van der Waals surface area contributed by atoms with E-state index in [2.05, 4.69) is 0 Å². The van der Waals surface area contributed by atoms with Crippen LogP contribution in [0.15, 0.2) is 24.3 Å². The quantitative estimate of drug-likeness (QED) is 0.492. The van der Waals surface area contributed by atoms with Crippen molar-refractivity contribution >= 4 is 17.6 Å². The zero-order valence-electron chi connectivity index (χ0n) is 9.11. The van der Waals surface area contributed by atoms with Crippen LogP contribution in [0.25, 0.3) is 0 Å². The lowest BCUT2D eigenvalue weighted by molar-refractivity contribution is -0.384. The SMILES string of the molecule is O=C1C[C@@H](C(=O)O)[C@H](c2ccc([N+](=O)[O-])cc2)O1. The molecule has 0 spiro atoms. The minimum absolute atomic E-state index is 0.102. The van der Waals surface area contributed by atoms with Gasteiger partial charge in [0.05, 0.1) is 11.3 Å². The fourth-order valence-electron chi connectivity index (χ4n) is 1.86. The minimum Gasteiger partial charge on any atom is -0.481 e. The number of carbonyl (C=O) groups is 2. The van der Waals surface area contributed by atoms with E-state index in [0.717, 1.165) is 0 Å². The summed E-state index contributed by atoms with van der Waals surface area (Å²) in [5.74, 6) is -2.64. The molecule has 18 heavy (non-hydrogen) atoms. The van der Waals surface area contributed by atoms with E-state index in [0.29, 0.717) is 5.56 Å². The number of ether oxygens (including phenoxy) is 1. The summed E-state index contributed by atoms with van der Waals surface area (Å²) in [6.07, 6.45) is -1.06. The smallest absolute Gasteiger partial charge is 0.311 e. The normalized spacial score (nSPS) is 22.6. The number of non-ortho nitro benzene ring substituents is 1. The first-order valence-corrected chi connectivity index (χ1v) is 5.15. The van der Waals surface area contributed by atoms with Gasteiger partial charge in [0.15, 0.2) is 0 Å². The van der Waals surface area contributed by atoms with E-state index in [-0.39, 0.29) is 12.1 Å². The molecule has 0 amide bonds. The Morgan fingerprint density at radius 1 is 1.39 bits per heavy atom. The summed E-state index contributed by atoms with van der Waals surface area (Å²) < 4.78 is 4.93. The molecule has 1 heterocycles. The summed E-state index contributed by atoms with van der Waals surface area (Å²) in [7, 11) is 0. The molecule has 0 saturated carbocycles. The molecule has 1 aliphatic heterocycles. The van der Waals surface area contributed by atoms with Gasteiger partial charge >= 0.3 is 11.9 Å². The van der Waals surface area contributed by atoms with E-state index in [9.17, 15) is 19.7 Å². The van der Waals surface area contributed by atoms with Gasteiger partial charge < -0.3 is 9.84 Å². The molecular formula is C11H9NO6. The van der Waals surface area contributed by atoms with Crippen molar-refractivity contribution in [3.8, 4) is 0 Å². The first-order chi connectivity index (χ1) is 8.49. The molecule has 94 valence electrons. The molecule has 1 N–H and O–H groups in total. The second kappa shape index (κ2) is 4.44. The molecule has 1 aromatic rings. The highest BCUT2D eigenvalue weighted by Gasteiger charge is 2.40. The highest BCUT2D eigenvalue weighted by atomic mass is 16.6. The van der Waals surface area contributed by atoms with Gasteiger partial charge in [-0.2, -0.15) is 0 Å². The van der Waals surface area contributed by atoms with Crippen LogP contribution in [0.2, 0.25) is 0 Å². The number of nitrogens with zero attached hydrogens (tertiary/aromatic N) is 1. The van der Waals surface area contributed by atoms with Crippen molar-refractivity contribution in [3.05, 3.63) is 39.9 Å². The van der Waals surface area contributed by atoms with Gasteiger partial charge in [-0.3, -0.25) is 19.7 Å². The number of carboxylic acids is 1. The number of nitro groups is 1. The molecule has 1 aromatic carbocycles. The average molecular weight is 251 g/mol. The summed E-state index contributed by atoms with van der Waals surface area (Å²) in [5.41, 5.74) is 0.341. The number of carboxylic acid groups (broad SMARTS) is 1. The predicted molar refractivity (Wildman–Crippen MR) is 57.7 cm³/mol. The monoisotopic (exact) mass is 251 g/mol. The Balaban J connectivity index is 2.27. The third-order valence-corrected chi connectivity index (χ3v) is 2.76. The Kier molecular flexibility index (Phi) is 2.97. The van der Waals surface area contributed by atoms with Crippen molar-refractivity contribution in [3.63, 3.8) is 0 Å². The van der Waals surface area contributed by atoms with Crippen molar-refractivity contribution in [2.75, 3.05) is 0 Å². The molecular weight excluding hydrogens is 242 g/mol. The van der Waals surface area contributed by atoms with Gasteiger partial charge in [0.1, 0.15) is 12.0 Å². The van der Waals surface area contributed by atoms with Crippen LogP contribution in [0.3, 0.4) is 0 Å². The zero-order chi connectivity index (χ0) is 13.3. The van der Waals surface area contributed by atoms with Gasteiger partial charge in [0, 0.05) is 12.1 Å². The first kappa shape index (κ1) is 12.0. The Morgan fingerprint density at radius 3 is 2.50 bits per heavy atom. The second-order valence-electron chi connectivity index (χ2n) is 3.91. The molecule has 0 bridgehead atoms. The standard InChI is InChI=1S/C11H9NO6/c13-9-5-8(11(14)15)10(18-9)6-1-3-7(4-2-6)12(16)17/h1-4,8,10H,5H2,(H,14,15)/t8-,10+/m1/s1. The van der Waals surface area contributed by atoms with Crippen molar-refractivity contribution < 1.29 is 24.4 Å². The van der Waals surface area contributed by atoms with E-state index in [4.69, 9.17) is 9.84 Å². The second-order valence-corrected chi connectivity index (χ2v) is 3.91. The maximum Gasteiger partial charge on any atom is 0.311 e. The summed E-state index contributed by atoms with van der Waals surface area (Å²) >= 11 is 0. The number of rotatable bonds is 3. The van der Waals surface area contributed by atoms with Gasteiger partial charge in [-0.25, -0.2) is 0 Å². The summed E-state index contributed by atoms with van der Waals surface area (Å²) in [6.45, 7) is 0. The first-order valence-electron chi connectivity index (χ1n) is 5.15. The molecule has 0 radical (unpaired) electrons. The van der Waals surface area contributed by atoms with Crippen molar-refractivity contribution in [2.24, 2.45) is 5.92 Å². The lowest BCUT2D eigenvalue weighted by Crippen LogP contribution is -2.17. The summed E-state index contributed by atoms with van der Waals surface area (Å²) in [4.78, 5) is 32.0. The number of hydrogen-bond acceptors (Lipinski definition) is 5. The van der Waals surface area contributed by atoms with Gasteiger partial charge in [-0.15, -0.1) is 0 Å². The third kappa shape index (κ3) is 2.15. The van der Waals surface area contributed by atoms with Gasteiger partial charge in [-0.05, 0) is 17.7 Å². The molecule has 1 aliphatic rings. The highest BCUT2D eigenvalue weighted by molar-refractivity contribution is 5.82. The van der Waals surface area contributed by atoms with Crippen LogP contribution in [-0.4, -0.2) is 22.0 Å². The van der Waals surface area contributed by atoms with Crippen LogP contribution in [0, 0.1) is 16.0 Å². The Hall–Kier alpha value is -2.44. The van der Waals surface area contributed by atoms with Gasteiger partial charge in [0.2, 0.25) is 0 Å². The molecule has 1 fully saturated rings. The largest absolute Gasteiger partial charge is 0.481 e. The van der Waals surface area contributed by atoms with Crippen molar-refractivity contribution in [1.82, 2.24) is 0 Å². The van der Waals surface area contributed by atoms with Crippen LogP contribution >= 0.6 is 0 Å². The van der Waals surface area contributed by atoms with Crippen LogP contribution in [0.4, 0.5) is 5.69 Å². The molecule has 2 rings (SSSR count). The molecule has 2 atom stereocenters. The average Bonchev–Trinajstić information content (AvgIpc) is 2.71. The Bertz CT molecular complexity index is 509. The zero-order valence-corrected chi connectivity index (χ0v) is 9.11. The third-order valence-electron chi connectivity index (χ3n) is 2.76. The molecule has 0 aromatic heterocycles. The fourth-order valence-corrected chi connectivity index (χ4v) is 1.86. The maximum absolute atomic E-state index is 11.1. The maximum atomic E-state index is 11.1. The molecule has 7 nitrogen and oxygen atoms in total. The minimum atomic E-state index is -1.12. The van der Waals surface area contributed by atoms with Gasteiger partial charge in [0.25, 0.3) is 5.69 Å². The van der Waals surface area contributed by atoms with Gasteiger partial charge in [-0.1, -0.05) is 0 Å². The van der Waals surface area contributed by atoms with Crippen LogP contribution in [-0.2, 0) is 14.3 Å². The predicted octanol–water partition coefficient (Wildman–Crippen LogP) is 1.28. The number of nitro benzene ring substituents is 1. The fraction of sp³-hybridized carbons (Fsp3) is 0.273. The van der Waals surface area contributed by atoms with Crippen LogP contribution in [0.1, 0.15) is 18.1 Å². The Labute approximate surface area is 101 Å². The summed E-state index contributed by atoms with van der Waals surface area (Å²) in [6, 6.07) is 5.30. The number of benzene rings is 1. The molecule has 0 aliphatic carbocycles. The number of hydrogen-bond donors (Lipinski definition) is 1. The van der Waals surface area contributed by atoms with E-state index < -0.39 is 28.9 Å². The topological polar surface area (TPSA) is 107 Å². The number of cyclic esters (lactones) is 1. The van der Waals surface area contributed by atoms with Crippen LogP contribution in [0.5, 0.6) is 0 Å². The lowest BCUT2D eigenvalue weighted by atomic mass is 9.95. The lowest BCUT2D eigenvalue weighted by Gasteiger charge is -2.13. The van der Waals surface area contributed by atoms with E-state index in [1.54, 1.807) is 0 Å². The van der Waals surface area contributed by atoms with Crippen LogP contribution < -0.4 is 0 Å². The molecule has 1 saturated heterocycles. The van der Waals surface area contributed by atoms with Crippen molar-refractivity contribution in [2.45, 2.75) is 12.5 Å². The number of esters is 1. The number of carbonyl (C=O) groups excluding carboxylic acids is 1. The summed E-state index contributed by atoms with van der Waals surface area (Å²) in [5, 5.41) is 19.4. The highest BCUT2D eigenvalue weighted by Crippen LogP contribution is 2.35. The molecule has 7 heteroatoms. The number of aliphatic carboxylic acids is 1. The van der Waals surface area contributed by atoms with E-state index >= 15 is 0 Å². The van der Waals surface area contributed by atoms with E-state index in [1.807, 2.05) is 0 Å². The molecule has 0 unspecified atom stereocenters. The Morgan fingerprint density at radius 2 is 2.00 bits per heavy atom. The van der Waals surface area contributed by atoms with Crippen molar-refractivity contribution in [1.29, 1.82) is 0 Å². The van der Waals surface area contributed by atoms with E-state index in [1.165, 1.54) is 24.3 Å².